The van der Waals surface area contributed by atoms with Gasteiger partial charge < -0.3 is 20.3 Å². The minimum absolute atomic E-state index is 0.0278. The molecule has 0 radical (unpaired) electrons. The number of hydrogen-bond acceptors (Lipinski definition) is 4. The number of carbonyl (C=O) groups is 1. The van der Waals surface area contributed by atoms with Crippen LogP contribution in [0.1, 0.15) is 28.8 Å². The fourth-order valence-electron chi connectivity index (χ4n) is 3.88. The Hall–Kier alpha value is -2.12. The molecule has 0 spiro atoms. The second kappa shape index (κ2) is 9.89. The molecule has 2 aliphatic rings. The molecule has 2 unspecified atom stereocenters. The molecule has 7 nitrogen and oxygen atoms in total. The number of fused-ring (bicyclic) bond motifs is 1. The monoisotopic (exact) mass is 387 g/mol. The molecular weight excluding hydrogens is 354 g/mol. The molecule has 1 amide bonds. The number of carbonyl (C=O) groups excluding carboxylic acids is 1. The van der Waals surface area contributed by atoms with Crippen LogP contribution in [0, 0.1) is 0 Å². The zero-order valence-electron chi connectivity index (χ0n) is 17.3. The lowest BCUT2D eigenvalue weighted by atomic mass is 10.1. The van der Waals surface area contributed by atoms with Crippen molar-refractivity contribution in [3.63, 3.8) is 0 Å². The van der Waals surface area contributed by atoms with Gasteiger partial charge in [-0.2, -0.15) is 0 Å². The van der Waals surface area contributed by atoms with Crippen LogP contribution in [0.15, 0.2) is 29.3 Å². The van der Waals surface area contributed by atoms with Gasteiger partial charge >= 0.3 is 0 Å². The first-order valence-corrected chi connectivity index (χ1v) is 10.2. The number of hydrogen-bond donors (Lipinski definition) is 2. The Morgan fingerprint density at radius 1 is 1.36 bits per heavy atom. The standard InChI is InChI=1S/C21H33N5O2/c1-22-21(24-13-19-14-26-11-5-8-18(26)15-28-19)23-10-9-16-6-4-7-17(12-16)20(27)25(2)3/h4,6-7,12,18-19H,5,8-11,13-15H2,1-3H3,(H2,22,23,24). The highest BCUT2D eigenvalue weighted by Gasteiger charge is 2.32. The molecule has 0 aromatic heterocycles. The topological polar surface area (TPSA) is 69.2 Å². The number of nitrogens with one attached hydrogen (secondary N) is 2. The number of rotatable bonds is 6. The first kappa shape index (κ1) is 20.6. The second-order valence-corrected chi connectivity index (χ2v) is 7.78. The van der Waals surface area contributed by atoms with E-state index < -0.39 is 0 Å². The molecule has 7 heteroatoms. The Kier molecular flexibility index (Phi) is 7.28. The molecule has 0 bridgehead atoms. The Morgan fingerprint density at radius 3 is 3.00 bits per heavy atom. The molecule has 2 fully saturated rings. The van der Waals surface area contributed by atoms with Gasteiger partial charge in [-0.15, -0.1) is 0 Å². The van der Waals surface area contributed by atoms with Crippen LogP contribution in [0.2, 0.25) is 0 Å². The van der Waals surface area contributed by atoms with Crippen molar-refractivity contribution in [1.29, 1.82) is 0 Å². The predicted octanol–water partition coefficient (Wildman–Crippen LogP) is 0.959. The van der Waals surface area contributed by atoms with Gasteiger partial charge in [0, 0.05) is 52.4 Å². The second-order valence-electron chi connectivity index (χ2n) is 7.78. The van der Waals surface area contributed by atoms with E-state index in [0.717, 1.165) is 49.7 Å². The van der Waals surface area contributed by atoms with Crippen molar-refractivity contribution in [2.24, 2.45) is 4.99 Å². The van der Waals surface area contributed by atoms with Crippen molar-refractivity contribution < 1.29 is 9.53 Å². The summed E-state index contributed by atoms with van der Waals surface area (Å²) in [7, 11) is 5.32. The zero-order valence-corrected chi connectivity index (χ0v) is 17.3. The lowest BCUT2D eigenvalue weighted by Crippen LogP contribution is -2.51. The summed E-state index contributed by atoms with van der Waals surface area (Å²) in [5, 5.41) is 6.73. The number of ether oxygens (including phenoxy) is 1. The minimum atomic E-state index is 0.0278. The lowest BCUT2D eigenvalue weighted by Gasteiger charge is -2.35. The van der Waals surface area contributed by atoms with Crippen LogP contribution in [0.3, 0.4) is 0 Å². The molecule has 2 heterocycles. The van der Waals surface area contributed by atoms with E-state index in [4.69, 9.17) is 4.74 Å². The summed E-state index contributed by atoms with van der Waals surface area (Å²) in [6.45, 7) is 4.56. The van der Waals surface area contributed by atoms with Crippen LogP contribution < -0.4 is 10.6 Å². The lowest BCUT2D eigenvalue weighted by molar-refractivity contribution is -0.0453. The van der Waals surface area contributed by atoms with Crippen LogP contribution in [0.25, 0.3) is 0 Å². The van der Waals surface area contributed by atoms with Crippen molar-refractivity contribution in [1.82, 2.24) is 20.4 Å². The van der Waals surface area contributed by atoms with Crippen molar-refractivity contribution in [2.75, 3.05) is 53.9 Å². The molecule has 1 aromatic carbocycles. The summed E-state index contributed by atoms with van der Waals surface area (Å²) >= 11 is 0. The zero-order chi connectivity index (χ0) is 19.9. The average Bonchev–Trinajstić information content (AvgIpc) is 3.18. The summed E-state index contributed by atoms with van der Waals surface area (Å²) in [6, 6.07) is 8.43. The van der Waals surface area contributed by atoms with Crippen LogP contribution in [0.5, 0.6) is 0 Å². The largest absolute Gasteiger partial charge is 0.373 e. The third-order valence-electron chi connectivity index (χ3n) is 5.47. The normalized spacial score (nSPS) is 22.6. The highest BCUT2D eigenvalue weighted by Crippen LogP contribution is 2.22. The van der Waals surface area contributed by atoms with Crippen molar-refractivity contribution >= 4 is 11.9 Å². The molecule has 2 aliphatic heterocycles. The number of benzene rings is 1. The van der Waals surface area contributed by atoms with Gasteiger partial charge in [0.2, 0.25) is 0 Å². The molecule has 2 atom stereocenters. The van der Waals surface area contributed by atoms with E-state index in [0.29, 0.717) is 6.04 Å². The minimum Gasteiger partial charge on any atom is -0.373 e. The molecule has 1 aromatic rings. The van der Waals surface area contributed by atoms with Gasteiger partial charge in [-0.05, 0) is 43.5 Å². The van der Waals surface area contributed by atoms with Gasteiger partial charge in [-0.25, -0.2) is 0 Å². The Labute approximate surface area is 168 Å². The summed E-state index contributed by atoms with van der Waals surface area (Å²) < 4.78 is 5.99. The number of guanidine groups is 1. The molecular formula is C21H33N5O2. The summed E-state index contributed by atoms with van der Waals surface area (Å²) in [5.74, 6) is 0.813. The van der Waals surface area contributed by atoms with E-state index in [1.165, 1.54) is 19.4 Å². The summed E-state index contributed by atoms with van der Waals surface area (Å²) in [5.41, 5.74) is 1.85. The van der Waals surface area contributed by atoms with Crippen molar-refractivity contribution in [3.8, 4) is 0 Å². The quantitative estimate of drug-likeness (QED) is 0.562. The van der Waals surface area contributed by atoms with E-state index in [-0.39, 0.29) is 12.0 Å². The molecule has 3 rings (SSSR count). The molecule has 2 N–H and O–H groups in total. The SMILES string of the molecule is CN=C(NCCc1cccc(C(=O)N(C)C)c1)NCC1CN2CCCC2CO1. The fraction of sp³-hybridized carbons (Fsp3) is 0.619. The smallest absolute Gasteiger partial charge is 0.253 e. The van der Waals surface area contributed by atoms with E-state index >= 15 is 0 Å². The number of aliphatic imine (C=N–C) groups is 1. The third kappa shape index (κ3) is 5.45. The Bertz CT molecular complexity index is 691. The van der Waals surface area contributed by atoms with Crippen LogP contribution in [-0.2, 0) is 11.2 Å². The number of nitrogens with zero attached hydrogens (tertiary/aromatic N) is 3. The van der Waals surface area contributed by atoms with Crippen molar-refractivity contribution in [2.45, 2.75) is 31.4 Å². The fourth-order valence-corrected chi connectivity index (χ4v) is 3.88. The average molecular weight is 388 g/mol. The molecule has 2 saturated heterocycles. The van der Waals surface area contributed by atoms with E-state index in [1.807, 2.05) is 24.3 Å². The summed E-state index contributed by atoms with van der Waals surface area (Å²) in [6.07, 6.45) is 3.59. The summed E-state index contributed by atoms with van der Waals surface area (Å²) in [4.78, 5) is 20.5. The maximum absolute atomic E-state index is 12.1. The van der Waals surface area contributed by atoms with E-state index in [2.05, 4.69) is 20.5 Å². The van der Waals surface area contributed by atoms with Gasteiger partial charge in [-0.1, -0.05) is 12.1 Å². The van der Waals surface area contributed by atoms with E-state index in [1.54, 1.807) is 26.0 Å². The molecule has 0 saturated carbocycles. The van der Waals surface area contributed by atoms with Crippen LogP contribution in [-0.4, -0.2) is 87.7 Å². The highest BCUT2D eigenvalue weighted by atomic mass is 16.5. The predicted molar refractivity (Wildman–Crippen MR) is 112 cm³/mol. The van der Waals surface area contributed by atoms with Gasteiger partial charge in [0.1, 0.15) is 0 Å². The third-order valence-corrected chi connectivity index (χ3v) is 5.47. The van der Waals surface area contributed by atoms with Gasteiger partial charge in [-0.3, -0.25) is 14.7 Å². The number of amides is 1. The number of morpholine rings is 1. The first-order valence-electron chi connectivity index (χ1n) is 10.2. The van der Waals surface area contributed by atoms with Gasteiger partial charge in [0.05, 0.1) is 12.7 Å². The maximum Gasteiger partial charge on any atom is 0.253 e. The van der Waals surface area contributed by atoms with Crippen molar-refractivity contribution in [3.05, 3.63) is 35.4 Å². The van der Waals surface area contributed by atoms with E-state index in [9.17, 15) is 4.79 Å². The molecule has 28 heavy (non-hydrogen) atoms. The van der Waals surface area contributed by atoms with Gasteiger partial charge in [0.25, 0.3) is 5.91 Å². The van der Waals surface area contributed by atoms with Gasteiger partial charge in [0.15, 0.2) is 5.96 Å². The molecule has 0 aliphatic carbocycles. The highest BCUT2D eigenvalue weighted by molar-refractivity contribution is 5.94. The molecule has 154 valence electrons. The Balaban J connectivity index is 1.41. The Morgan fingerprint density at radius 2 is 2.21 bits per heavy atom. The van der Waals surface area contributed by atoms with Crippen LogP contribution >= 0.6 is 0 Å². The maximum atomic E-state index is 12.1. The van der Waals surface area contributed by atoms with Crippen LogP contribution in [0.4, 0.5) is 0 Å². The first-order chi connectivity index (χ1) is 13.6.